The van der Waals surface area contributed by atoms with Crippen LogP contribution in [0.1, 0.15) is 19.8 Å². The zero-order chi connectivity index (χ0) is 14.8. The first-order chi connectivity index (χ1) is 9.45. The summed E-state index contributed by atoms with van der Waals surface area (Å²) < 4.78 is 0. The van der Waals surface area contributed by atoms with E-state index >= 15 is 0 Å². The van der Waals surface area contributed by atoms with Crippen LogP contribution < -0.4 is 0 Å². The predicted molar refractivity (Wildman–Crippen MR) is 74.8 cm³/mol. The lowest BCUT2D eigenvalue weighted by Crippen LogP contribution is -2.52. The van der Waals surface area contributed by atoms with E-state index in [0.29, 0.717) is 0 Å². The molecule has 8 heteroatoms. The summed E-state index contributed by atoms with van der Waals surface area (Å²) in [6, 6.07) is 3.51. The van der Waals surface area contributed by atoms with Gasteiger partial charge in [-0.15, -0.1) is 0 Å². The number of amides is 2. The lowest BCUT2D eigenvalue weighted by Gasteiger charge is -2.31. The molecule has 1 aromatic heterocycles. The van der Waals surface area contributed by atoms with Gasteiger partial charge in [-0.25, -0.2) is 4.79 Å². The summed E-state index contributed by atoms with van der Waals surface area (Å²) in [6.07, 6.45) is 3.34. The van der Waals surface area contributed by atoms with Crippen LogP contribution in [-0.2, 0) is 14.4 Å². The zero-order valence-corrected chi connectivity index (χ0v) is 12.2. The van der Waals surface area contributed by atoms with Crippen molar-refractivity contribution in [3.8, 4) is 0 Å². The van der Waals surface area contributed by atoms with Crippen molar-refractivity contribution in [2.45, 2.75) is 29.5 Å². The van der Waals surface area contributed by atoms with Crippen molar-refractivity contribution in [1.82, 2.24) is 9.88 Å². The normalized spacial score (nSPS) is 18.1. The monoisotopic (exact) mass is 312 g/mol. The van der Waals surface area contributed by atoms with Crippen LogP contribution in [0.2, 0.25) is 0 Å². The molecule has 0 aliphatic carbocycles. The van der Waals surface area contributed by atoms with Crippen molar-refractivity contribution in [3.05, 3.63) is 24.5 Å². The molecule has 1 aliphatic heterocycles. The number of aromatic nitrogens is 1. The second-order valence-electron chi connectivity index (χ2n) is 4.27. The lowest BCUT2D eigenvalue weighted by molar-refractivity contribution is -0.155. The molecular weight excluding hydrogens is 300 g/mol. The van der Waals surface area contributed by atoms with Crippen molar-refractivity contribution in [3.63, 3.8) is 0 Å². The molecule has 0 saturated carbocycles. The maximum absolute atomic E-state index is 11.8. The van der Waals surface area contributed by atoms with Gasteiger partial charge >= 0.3 is 5.97 Å². The summed E-state index contributed by atoms with van der Waals surface area (Å²) in [5.41, 5.74) is 0. The highest BCUT2D eigenvalue weighted by molar-refractivity contribution is 8.77. The third kappa shape index (κ3) is 2.80. The smallest absolute Gasteiger partial charge is 0.341 e. The van der Waals surface area contributed by atoms with Crippen molar-refractivity contribution in [2.24, 2.45) is 0 Å². The molecule has 0 bridgehead atoms. The quantitative estimate of drug-likeness (QED) is 0.655. The van der Waals surface area contributed by atoms with Crippen LogP contribution in [0.15, 0.2) is 29.4 Å². The second-order valence-corrected chi connectivity index (χ2v) is 6.87. The molecule has 6 nitrogen and oxygen atoms in total. The standard InChI is InChI=1S/C12H12N2O4S2/c1-12(11(17)18,14-9(15)4-5-10(14)16)20-19-8-3-2-6-13-7-8/h2-3,6-7H,4-5H2,1H3,(H,17,18). The van der Waals surface area contributed by atoms with Gasteiger partial charge in [-0.3, -0.25) is 19.5 Å². The minimum absolute atomic E-state index is 0.0693. The molecule has 1 aromatic rings. The molecule has 20 heavy (non-hydrogen) atoms. The number of carbonyl (C=O) groups excluding carboxylic acids is 2. The summed E-state index contributed by atoms with van der Waals surface area (Å²) in [4.78, 5) is 38.9. The average molecular weight is 312 g/mol. The molecule has 1 fully saturated rings. The number of carbonyl (C=O) groups is 3. The lowest BCUT2D eigenvalue weighted by atomic mass is 10.3. The molecule has 1 unspecified atom stereocenters. The van der Waals surface area contributed by atoms with Gasteiger partial charge in [0.15, 0.2) is 0 Å². The van der Waals surface area contributed by atoms with Crippen LogP contribution in [-0.4, -0.2) is 37.6 Å². The zero-order valence-electron chi connectivity index (χ0n) is 10.6. The summed E-state index contributed by atoms with van der Waals surface area (Å²) in [7, 11) is 2.13. The minimum Gasteiger partial charge on any atom is -0.479 e. The number of carboxylic acids is 1. The van der Waals surface area contributed by atoms with E-state index in [4.69, 9.17) is 0 Å². The molecule has 2 heterocycles. The highest BCUT2D eigenvalue weighted by Gasteiger charge is 2.49. The number of hydrogen-bond donors (Lipinski definition) is 1. The number of aliphatic carboxylic acids is 1. The van der Waals surface area contributed by atoms with Crippen LogP contribution in [0.25, 0.3) is 0 Å². The van der Waals surface area contributed by atoms with Crippen molar-refractivity contribution in [1.29, 1.82) is 0 Å². The highest BCUT2D eigenvalue weighted by atomic mass is 33.1. The summed E-state index contributed by atoms with van der Waals surface area (Å²) >= 11 is 0. The SMILES string of the molecule is CC(SSc1cccnc1)(C(=O)O)N1C(=O)CCC1=O. The highest BCUT2D eigenvalue weighted by Crippen LogP contribution is 2.44. The molecule has 106 valence electrons. The predicted octanol–water partition coefficient (Wildman–Crippen LogP) is 1.77. The van der Waals surface area contributed by atoms with Crippen LogP contribution in [0.5, 0.6) is 0 Å². The molecule has 1 aliphatic rings. The van der Waals surface area contributed by atoms with E-state index < -0.39 is 22.7 Å². The Kier molecular flexibility index (Phi) is 4.34. The fraction of sp³-hybridized carbons (Fsp3) is 0.333. The van der Waals surface area contributed by atoms with E-state index in [1.54, 1.807) is 24.5 Å². The van der Waals surface area contributed by atoms with E-state index in [2.05, 4.69) is 4.98 Å². The Bertz CT molecular complexity index is 536. The van der Waals surface area contributed by atoms with Gasteiger partial charge in [0, 0.05) is 30.1 Å². The summed E-state index contributed by atoms with van der Waals surface area (Å²) in [5, 5.41) is 9.41. The van der Waals surface area contributed by atoms with Crippen molar-refractivity contribution >= 4 is 39.4 Å². The Hall–Kier alpha value is -1.54. The number of nitrogens with zero attached hydrogens (tertiary/aromatic N) is 2. The fourth-order valence-electron chi connectivity index (χ4n) is 1.75. The number of hydrogen-bond acceptors (Lipinski definition) is 6. The van der Waals surface area contributed by atoms with Gasteiger partial charge in [0.1, 0.15) is 0 Å². The Labute approximate surface area is 123 Å². The Morgan fingerprint density at radius 3 is 2.55 bits per heavy atom. The molecule has 0 spiro atoms. The van der Waals surface area contributed by atoms with E-state index in [1.165, 1.54) is 17.7 Å². The molecular formula is C12H12N2O4S2. The molecule has 2 rings (SSSR count). The summed E-state index contributed by atoms with van der Waals surface area (Å²) in [5.74, 6) is -2.11. The first-order valence-corrected chi connectivity index (χ1v) is 7.95. The van der Waals surface area contributed by atoms with E-state index in [1.807, 2.05) is 0 Å². The first kappa shape index (κ1) is 14.9. The van der Waals surface area contributed by atoms with Gasteiger partial charge in [-0.2, -0.15) is 0 Å². The summed E-state index contributed by atoms with van der Waals surface area (Å²) in [6.45, 7) is 1.37. The number of carboxylic acid groups (broad SMARTS) is 1. The maximum Gasteiger partial charge on any atom is 0.341 e. The fourth-order valence-corrected chi connectivity index (χ4v) is 4.10. The van der Waals surface area contributed by atoms with E-state index in [9.17, 15) is 19.5 Å². The van der Waals surface area contributed by atoms with Crippen LogP contribution in [0.4, 0.5) is 0 Å². The number of imide groups is 1. The van der Waals surface area contributed by atoms with Gasteiger partial charge in [0.2, 0.25) is 16.7 Å². The molecule has 2 amide bonds. The van der Waals surface area contributed by atoms with Crippen LogP contribution in [0, 0.1) is 0 Å². The maximum atomic E-state index is 11.8. The van der Waals surface area contributed by atoms with Gasteiger partial charge in [-0.1, -0.05) is 10.8 Å². The third-order valence-electron chi connectivity index (χ3n) is 2.81. The molecule has 1 saturated heterocycles. The van der Waals surface area contributed by atoms with Crippen molar-refractivity contribution in [2.75, 3.05) is 0 Å². The van der Waals surface area contributed by atoms with E-state index in [0.717, 1.165) is 20.6 Å². The van der Waals surface area contributed by atoms with Gasteiger partial charge in [0.25, 0.3) is 0 Å². The van der Waals surface area contributed by atoms with Gasteiger partial charge in [-0.05, 0) is 29.9 Å². The number of pyridine rings is 1. The second kappa shape index (κ2) is 5.84. The van der Waals surface area contributed by atoms with Crippen LogP contribution >= 0.6 is 21.6 Å². The number of rotatable bonds is 5. The Morgan fingerprint density at radius 2 is 2.05 bits per heavy atom. The largest absolute Gasteiger partial charge is 0.479 e. The third-order valence-corrected chi connectivity index (χ3v) is 5.81. The molecule has 1 N–H and O–H groups in total. The molecule has 0 radical (unpaired) electrons. The van der Waals surface area contributed by atoms with E-state index in [-0.39, 0.29) is 12.8 Å². The van der Waals surface area contributed by atoms with Gasteiger partial charge < -0.3 is 5.11 Å². The molecule has 1 atom stereocenters. The topological polar surface area (TPSA) is 87.6 Å². The van der Waals surface area contributed by atoms with Gasteiger partial charge in [0.05, 0.1) is 0 Å². The molecule has 0 aromatic carbocycles. The Morgan fingerprint density at radius 1 is 1.40 bits per heavy atom. The Balaban J connectivity index is 2.19. The minimum atomic E-state index is -1.62. The van der Waals surface area contributed by atoms with Crippen LogP contribution in [0.3, 0.4) is 0 Å². The first-order valence-electron chi connectivity index (χ1n) is 5.80. The van der Waals surface area contributed by atoms with Crippen molar-refractivity contribution < 1.29 is 19.5 Å². The number of likely N-dealkylation sites (tertiary alicyclic amines) is 1. The average Bonchev–Trinajstić information content (AvgIpc) is 2.77.